The molecule has 4 nitrogen and oxygen atoms in total. The van der Waals surface area contributed by atoms with E-state index in [2.05, 4.69) is 5.32 Å². The summed E-state index contributed by atoms with van der Waals surface area (Å²) in [6.45, 7) is 1.09. The van der Waals surface area contributed by atoms with Gasteiger partial charge >= 0.3 is 0 Å². The quantitative estimate of drug-likeness (QED) is 0.766. The van der Waals surface area contributed by atoms with Crippen LogP contribution in [0.5, 0.6) is 0 Å². The van der Waals surface area contributed by atoms with E-state index in [4.69, 9.17) is 10.5 Å². The summed E-state index contributed by atoms with van der Waals surface area (Å²) in [5.41, 5.74) is 7.18. The van der Waals surface area contributed by atoms with Crippen molar-refractivity contribution in [2.75, 3.05) is 19.0 Å². The number of hydrogen-bond acceptors (Lipinski definition) is 3. The van der Waals surface area contributed by atoms with Gasteiger partial charge in [0, 0.05) is 19.2 Å². The molecule has 1 amide bonds. The van der Waals surface area contributed by atoms with E-state index in [9.17, 15) is 4.79 Å². The first kappa shape index (κ1) is 12.7. The summed E-state index contributed by atoms with van der Waals surface area (Å²) < 4.78 is 5.02. The fourth-order valence-electron chi connectivity index (χ4n) is 1.39. The van der Waals surface area contributed by atoms with Crippen LogP contribution in [-0.4, -0.2) is 19.6 Å². The Bertz CT molecular complexity index is 340. The van der Waals surface area contributed by atoms with E-state index in [1.807, 2.05) is 24.3 Å². The largest absolute Gasteiger partial charge is 0.380 e. The molecule has 3 N–H and O–H groups in total. The van der Waals surface area contributed by atoms with Gasteiger partial charge in [0.05, 0.1) is 6.61 Å². The van der Waals surface area contributed by atoms with Gasteiger partial charge in [0.15, 0.2) is 0 Å². The zero-order chi connectivity index (χ0) is 11.8. The molecule has 0 bridgehead atoms. The molecule has 0 aliphatic carbocycles. The number of hydrogen-bond donors (Lipinski definition) is 2. The SMILES string of the molecule is COCc1cccc(NC(=O)CCCN)c1. The van der Waals surface area contributed by atoms with Crippen LogP contribution in [0.3, 0.4) is 0 Å². The monoisotopic (exact) mass is 222 g/mol. The van der Waals surface area contributed by atoms with E-state index >= 15 is 0 Å². The molecule has 88 valence electrons. The summed E-state index contributed by atoms with van der Waals surface area (Å²) in [4.78, 5) is 11.4. The van der Waals surface area contributed by atoms with Crippen molar-refractivity contribution in [3.05, 3.63) is 29.8 Å². The Labute approximate surface area is 95.8 Å². The Balaban J connectivity index is 2.52. The third kappa shape index (κ3) is 4.42. The van der Waals surface area contributed by atoms with Crippen molar-refractivity contribution in [2.24, 2.45) is 5.73 Å². The maximum atomic E-state index is 11.4. The van der Waals surface area contributed by atoms with Crippen LogP contribution in [0, 0.1) is 0 Å². The molecule has 0 radical (unpaired) electrons. The van der Waals surface area contributed by atoms with Gasteiger partial charge in [0.25, 0.3) is 0 Å². The minimum Gasteiger partial charge on any atom is -0.380 e. The third-order valence-electron chi connectivity index (χ3n) is 2.13. The van der Waals surface area contributed by atoms with Crippen LogP contribution in [-0.2, 0) is 16.1 Å². The van der Waals surface area contributed by atoms with Gasteiger partial charge in [-0.05, 0) is 30.7 Å². The Morgan fingerprint density at radius 1 is 1.50 bits per heavy atom. The van der Waals surface area contributed by atoms with Crippen LogP contribution in [0.15, 0.2) is 24.3 Å². The minimum atomic E-state index is 0.0000156. The molecule has 0 aliphatic heterocycles. The maximum absolute atomic E-state index is 11.4. The van der Waals surface area contributed by atoms with Crippen LogP contribution in [0.25, 0.3) is 0 Å². The summed E-state index contributed by atoms with van der Waals surface area (Å²) in [7, 11) is 1.65. The standard InChI is InChI=1S/C12H18N2O2/c1-16-9-10-4-2-5-11(8-10)14-12(15)6-3-7-13/h2,4-5,8H,3,6-7,9,13H2,1H3,(H,14,15). The van der Waals surface area contributed by atoms with Crippen LogP contribution >= 0.6 is 0 Å². The molecule has 0 saturated heterocycles. The van der Waals surface area contributed by atoms with E-state index < -0.39 is 0 Å². The summed E-state index contributed by atoms with van der Waals surface area (Å²) in [6, 6.07) is 7.62. The van der Waals surface area contributed by atoms with Gasteiger partial charge in [-0.25, -0.2) is 0 Å². The molecular formula is C12H18N2O2. The number of ether oxygens (including phenoxy) is 1. The lowest BCUT2D eigenvalue weighted by molar-refractivity contribution is -0.116. The number of nitrogens with two attached hydrogens (primary N) is 1. The normalized spacial score (nSPS) is 10.1. The van der Waals surface area contributed by atoms with Crippen LogP contribution < -0.4 is 11.1 Å². The van der Waals surface area contributed by atoms with Gasteiger partial charge < -0.3 is 15.8 Å². The average Bonchev–Trinajstić information content (AvgIpc) is 2.27. The lowest BCUT2D eigenvalue weighted by Crippen LogP contribution is -2.13. The van der Waals surface area contributed by atoms with Gasteiger partial charge in [0.2, 0.25) is 5.91 Å². The molecule has 0 aliphatic rings. The first-order chi connectivity index (χ1) is 7.76. The smallest absolute Gasteiger partial charge is 0.224 e. The second-order valence-corrected chi connectivity index (χ2v) is 3.57. The Kier molecular flexibility index (Phi) is 5.53. The zero-order valence-corrected chi connectivity index (χ0v) is 9.53. The van der Waals surface area contributed by atoms with Crippen LogP contribution in [0.2, 0.25) is 0 Å². The number of anilines is 1. The zero-order valence-electron chi connectivity index (χ0n) is 9.53. The van der Waals surface area contributed by atoms with E-state index in [0.29, 0.717) is 26.0 Å². The maximum Gasteiger partial charge on any atom is 0.224 e. The third-order valence-corrected chi connectivity index (χ3v) is 2.13. The summed E-state index contributed by atoms with van der Waals surface area (Å²) >= 11 is 0. The predicted molar refractivity (Wildman–Crippen MR) is 64.1 cm³/mol. The van der Waals surface area contributed by atoms with Crippen molar-refractivity contribution in [2.45, 2.75) is 19.4 Å². The average molecular weight is 222 g/mol. The van der Waals surface area contributed by atoms with Crippen molar-refractivity contribution in [1.29, 1.82) is 0 Å². The molecule has 0 atom stereocenters. The Hall–Kier alpha value is -1.39. The number of carbonyl (C=O) groups excluding carboxylic acids is 1. The molecular weight excluding hydrogens is 204 g/mol. The molecule has 1 aromatic rings. The fraction of sp³-hybridized carbons (Fsp3) is 0.417. The molecule has 0 aromatic heterocycles. The van der Waals surface area contributed by atoms with E-state index in [0.717, 1.165) is 11.3 Å². The Morgan fingerprint density at radius 2 is 2.31 bits per heavy atom. The molecule has 1 rings (SSSR count). The molecule has 0 unspecified atom stereocenters. The van der Waals surface area contributed by atoms with Crippen molar-refractivity contribution in [3.63, 3.8) is 0 Å². The van der Waals surface area contributed by atoms with E-state index in [1.54, 1.807) is 7.11 Å². The second kappa shape index (κ2) is 6.98. The summed E-state index contributed by atoms with van der Waals surface area (Å²) in [5.74, 6) is 0.0000156. The topological polar surface area (TPSA) is 64.3 Å². The van der Waals surface area contributed by atoms with Gasteiger partial charge in [-0.15, -0.1) is 0 Å². The molecule has 0 saturated carbocycles. The lowest BCUT2D eigenvalue weighted by atomic mass is 10.2. The van der Waals surface area contributed by atoms with Crippen LogP contribution in [0.1, 0.15) is 18.4 Å². The Morgan fingerprint density at radius 3 is 3.00 bits per heavy atom. The predicted octanol–water partition coefficient (Wildman–Crippen LogP) is 1.51. The molecule has 4 heteroatoms. The summed E-state index contributed by atoms with van der Waals surface area (Å²) in [5, 5.41) is 2.83. The molecule has 0 heterocycles. The molecule has 1 aromatic carbocycles. The molecule has 16 heavy (non-hydrogen) atoms. The van der Waals surface area contributed by atoms with Gasteiger partial charge in [-0.1, -0.05) is 12.1 Å². The fourth-order valence-corrected chi connectivity index (χ4v) is 1.39. The first-order valence-corrected chi connectivity index (χ1v) is 5.34. The summed E-state index contributed by atoms with van der Waals surface area (Å²) in [6.07, 6.45) is 1.18. The van der Waals surface area contributed by atoms with Crippen molar-refractivity contribution in [3.8, 4) is 0 Å². The highest BCUT2D eigenvalue weighted by Gasteiger charge is 2.02. The van der Waals surface area contributed by atoms with Crippen molar-refractivity contribution >= 4 is 11.6 Å². The number of amides is 1. The number of benzene rings is 1. The van der Waals surface area contributed by atoms with Gasteiger partial charge in [-0.3, -0.25) is 4.79 Å². The highest BCUT2D eigenvalue weighted by Crippen LogP contribution is 2.11. The van der Waals surface area contributed by atoms with Gasteiger partial charge in [-0.2, -0.15) is 0 Å². The molecule has 0 fully saturated rings. The number of rotatable bonds is 6. The van der Waals surface area contributed by atoms with Gasteiger partial charge in [0.1, 0.15) is 0 Å². The number of nitrogens with one attached hydrogen (secondary N) is 1. The number of carbonyl (C=O) groups is 1. The molecule has 0 spiro atoms. The van der Waals surface area contributed by atoms with E-state index in [-0.39, 0.29) is 5.91 Å². The number of methoxy groups -OCH3 is 1. The van der Waals surface area contributed by atoms with E-state index in [1.165, 1.54) is 0 Å². The lowest BCUT2D eigenvalue weighted by Gasteiger charge is -2.06. The second-order valence-electron chi connectivity index (χ2n) is 3.57. The van der Waals surface area contributed by atoms with Crippen molar-refractivity contribution in [1.82, 2.24) is 0 Å². The first-order valence-electron chi connectivity index (χ1n) is 5.34. The highest BCUT2D eigenvalue weighted by atomic mass is 16.5. The van der Waals surface area contributed by atoms with Crippen LogP contribution in [0.4, 0.5) is 5.69 Å². The minimum absolute atomic E-state index is 0.0000156. The highest BCUT2D eigenvalue weighted by molar-refractivity contribution is 5.90. The van der Waals surface area contributed by atoms with Crippen molar-refractivity contribution < 1.29 is 9.53 Å².